The van der Waals surface area contributed by atoms with Crippen LogP contribution >= 0.6 is 0 Å². The summed E-state index contributed by atoms with van der Waals surface area (Å²) >= 11 is 0. The van der Waals surface area contributed by atoms with E-state index in [1.807, 2.05) is 41.3 Å². The van der Waals surface area contributed by atoms with Crippen molar-refractivity contribution in [2.45, 2.75) is 32.2 Å². The van der Waals surface area contributed by atoms with Crippen molar-refractivity contribution in [3.63, 3.8) is 0 Å². The summed E-state index contributed by atoms with van der Waals surface area (Å²) < 4.78 is 0. The molecule has 132 valence electrons. The van der Waals surface area contributed by atoms with Gasteiger partial charge in [0.1, 0.15) is 0 Å². The Morgan fingerprint density at radius 1 is 0.800 bits per heavy atom. The van der Waals surface area contributed by atoms with E-state index in [1.54, 1.807) is 0 Å². The van der Waals surface area contributed by atoms with Gasteiger partial charge in [0.2, 0.25) is 5.91 Å². The molecule has 0 aromatic heterocycles. The predicted molar refractivity (Wildman–Crippen MR) is 103 cm³/mol. The normalized spacial score (nSPS) is 16.2. The Labute approximate surface area is 151 Å². The van der Waals surface area contributed by atoms with E-state index in [-0.39, 0.29) is 17.4 Å². The maximum atomic E-state index is 13.4. The van der Waals surface area contributed by atoms with Crippen LogP contribution in [0.25, 0.3) is 0 Å². The van der Waals surface area contributed by atoms with E-state index in [4.69, 9.17) is 0 Å². The number of hydrogen-bond acceptors (Lipinski definition) is 2. The molecule has 1 aliphatic heterocycles. The fourth-order valence-electron chi connectivity index (χ4n) is 3.55. The molecule has 0 atom stereocenters. The molecule has 0 unspecified atom stereocenters. The van der Waals surface area contributed by atoms with Gasteiger partial charge >= 0.3 is 0 Å². The molecule has 0 aliphatic carbocycles. The minimum absolute atomic E-state index is 0.160. The molecule has 1 amide bonds. The first-order valence-electron chi connectivity index (χ1n) is 9.10. The Morgan fingerprint density at radius 3 is 1.64 bits per heavy atom. The molecule has 3 rings (SSSR count). The molecule has 2 aromatic carbocycles. The molecule has 0 bridgehead atoms. The monoisotopic (exact) mass is 336 g/mol. The van der Waals surface area contributed by atoms with Crippen molar-refractivity contribution in [1.82, 2.24) is 9.80 Å². The molecule has 0 radical (unpaired) electrons. The van der Waals surface area contributed by atoms with Crippen molar-refractivity contribution in [3.8, 4) is 0 Å². The molecule has 3 nitrogen and oxygen atoms in total. The smallest absolute Gasteiger partial charge is 0.234 e. The van der Waals surface area contributed by atoms with E-state index in [2.05, 4.69) is 49.9 Å². The second-order valence-electron chi connectivity index (χ2n) is 7.74. The predicted octanol–water partition coefficient (Wildman–Crippen LogP) is 3.76. The van der Waals surface area contributed by atoms with Gasteiger partial charge in [0.25, 0.3) is 0 Å². The standard InChI is InChI=1S/C22H28N2O/c1-22(2,3)24-16-14-23(15-17-24)21(25)20(18-10-6-4-7-11-18)19-12-8-5-9-13-19/h4-13,20H,14-17H2,1-3H3. The molecule has 1 fully saturated rings. The summed E-state index contributed by atoms with van der Waals surface area (Å²) in [6.07, 6.45) is 0. The van der Waals surface area contributed by atoms with Gasteiger partial charge in [0, 0.05) is 31.7 Å². The number of piperazine rings is 1. The quantitative estimate of drug-likeness (QED) is 0.852. The van der Waals surface area contributed by atoms with Crippen LogP contribution in [0.15, 0.2) is 60.7 Å². The van der Waals surface area contributed by atoms with E-state index >= 15 is 0 Å². The van der Waals surface area contributed by atoms with Gasteiger partial charge in [-0.3, -0.25) is 9.69 Å². The van der Waals surface area contributed by atoms with E-state index in [0.717, 1.165) is 37.3 Å². The number of benzene rings is 2. The Kier molecular flexibility index (Phi) is 5.24. The number of carbonyl (C=O) groups is 1. The number of hydrogen-bond donors (Lipinski definition) is 0. The maximum absolute atomic E-state index is 13.4. The van der Waals surface area contributed by atoms with Crippen LogP contribution in [0.2, 0.25) is 0 Å². The van der Waals surface area contributed by atoms with Crippen LogP contribution in [0.4, 0.5) is 0 Å². The van der Waals surface area contributed by atoms with Gasteiger partial charge < -0.3 is 4.90 Å². The molecule has 3 heteroatoms. The lowest BCUT2D eigenvalue weighted by molar-refractivity contribution is -0.134. The number of carbonyl (C=O) groups excluding carboxylic acids is 1. The minimum atomic E-state index is -0.219. The van der Waals surface area contributed by atoms with Gasteiger partial charge in [-0.15, -0.1) is 0 Å². The summed E-state index contributed by atoms with van der Waals surface area (Å²) in [6, 6.07) is 20.3. The highest BCUT2D eigenvalue weighted by molar-refractivity contribution is 5.87. The fourth-order valence-corrected chi connectivity index (χ4v) is 3.55. The highest BCUT2D eigenvalue weighted by Crippen LogP contribution is 2.28. The summed E-state index contributed by atoms with van der Waals surface area (Å²) in [7, 11) is 0. The Morgan fingerprint density at radius 2 is 1.24 bits per heavy atom. The van der Waals surface area contributed by atoms with Gasteiger partial charge in [-0.2, -0.15) is 0 Å². The van der Waals surface area contributed by atoms with Crippen LogP contribution in [-0.4, -0.2) is 47.4 Å². The van der Waals surface area contributed by atoms with Crippen LogP contribution in [0.5, 0.6) is 0 Å². The molecule has 1 saturated heterocycles. The summed E-state index contributed by atoms with van der Waals surface area (Å²) in [6.45, 7) is 10.2. The molecule has 1 heterocycles. The minimum Gasteiger partial charge on any atom is -0.339 e. The van der Waals surface area contributed by atoms with Crippen LogP contribution in [0.3, 0.4) is 0 Å². The van der Waals surface area contributed by atoms with E-state index in [1.165, 1.54) is 0 Å². The van der Waals surface area contributed by atoms with Gasteiger partial charge in [0.15, 0.2) is 0 Å². The summed E-state index contributed by atoms with van der Waals surface area (Å²) in [5.41, 5.74) is 2.29. The Balaban J connectivity index is 1.82. The second kappa shape index (κ2) is 7.40. The number of nitrogens with zero attached hydrogens (tertiary/aromatic N) is 2. The van der Waals surface area contributed by atoms with Crippen LogP contribution in [0, 0.1) is 0 Å². The lowest BCUT2D eigenvalue weighted by atomic mass is 9.89. The zero-order chi connectivity index (χ0) is 17.9. The molecular weight excluding hydrogens is 308 g/mol. The van der Waals surface area contributed by atoms with Crippen molar-refractivity contribution in [3.05, 3.63) is 71.8 Å². The highest BCUT2D eigenvalue weighted by atomic mass is 16.2. The zero-order valence-corrected chi connectivity index (χ0v) is 15.5. The van der Waals surface area contributed by atoms with Gasteiger partial charge in [0.05, 0.1) is 5.92 Å². The SMILES string of the molecule is CC(C)(C)N1CCN(C(=O)C(c2ccccc2)c2ccccc2)CC1. The lowest BCUT2D eigenvalue weighted by Crippen LogP contribution is -2.55. The molecule has 1 aliphatic rings. The van der Waals surface area contributed by atoms with Gasteiger partial charge in [-0.25, -0.2) is 0 Å². The van der Waals surface area contributed by atoms with Crippen LogP contribution < -0.4 is 0 Å². The fraction of sp³-hybridized carbons (Fsp3) is 0.409. The average molecular weight is 336 g/mol. The summed E-state index contributed by atoms with van der Waals surface area (Å²) in [4.78, 5) is 17.9. The number of rotatable bonds is 3. The van der Waals surface area contributed by atoms with E-state index in [9.17, 15) is 4.79 Å². The summed E-state index contributed by atoms with van der Waals surface area (Å²) in [5, 5.41) is 0. The van der Waals surface area contributed by atoms with Crippen molar-refractivity contribution < 1.29 is 4.79 Å². The Bertz CT molecular complexity index is 643. The lowest BCUT2D eigenvalue weighted by Gasteiger charge is -2.43. The third kappa shape index (κ3) is 4.10. The third-order valence-electron chi connectivity index (χ3n) is 5.05. The largest absolute Gasteiger partial charge is 0.339 e. The Hall–Kier alpha value is -2.13. The van der Waals surface area contributed by atoms with Gasteiger partial charge in [-0.05, 0) is 31.9 Å². The average Bonchev–Trinajstić information content (AvgIpc) is 2.63. The van der Waals surface area contributed by atoms with Crippen LogP contribution in [-0.2, 0) is 4.79 Å². The van der Waals surface area contributed by atoms with Crippen molar-refractivity contribution in [2.24, 2.45) is 0 Å². The zero-order valence-electron chi connectivity index (χ0n) is 15.5. The third-order valence-corrected chi connectivity index (χ3v) is 5.05. The molecule has 25 heavy (non-hydrogen) atoms. The second-order valence-corrected chi connectivity index (χ2v) is 7.74. The first kappa shape index (κ1) is 17.7. The first-order chi connectivity index (χ1) is 12.0. The van der Waals surface area contributed by atoms with Crippen molar-refractivity contribution in [2.75, 3.05) is 26.2 Å². The van der Waals surface area contributed by atoms with Gasteiger partial charge in [-0.1, -0.05) is 60.7 Å². The van der Waals surface area contributed by atoms with Crippen LogP contribution in [0.1, 0.15) is 37.8 Å². The molecule has 2 aromatic rings. The maximum Gasteiger partial charge on any atom is 0.234 e. The molecule has 0 spiro atoms. The molecule has 0 N–H and O–H groups in total. The topological polar surface area (TPSA) is 23.6 Å². The highest BCUT2D eigenvalue weighted by Gasteiger charge is 2.32. The number of amides is 1. The first-order valence-corrected chi connectivity index (χ1v) is 9.10. The molecular formula is C22H28N2O. The van der Waals surface area contributed by atoms with Crippen molar-refractivity contribution >= 4 is 5.91 Å². The van der Waals surface area contributed by atoms with E-state index < -0.39 is 0 Å². The van der Waals surface area contributed by atoms with E-state index in [0.29, 0.717) is 0 Å². The molecule has 0 saturated carbocycles. The van der Waals surface area contributed by atoms with Crippen molar-refractivity contribution in [1.29, 1.82) is 0 Å². The summed E-state index contributed by atoms with van der Waals surface area (Å²) in [5.74, 6) is -0.00505.